The highest BCUT2D eigenvalue weighted by Crippen LogP contribution is 2.20. The van der Waals surface area contributed by atoms with Gasteiger partial charge in [0, 0.05) is 6.54 Å². The second kappa shape index (κ2) is 3.53. The highest BCUT2D eigenvalue weighted by Gasteiger charge is 2.10. The Hall–Kier alpha value is 0.170. The molecule has 0 spiro atoms. The molecule has 1 rings (SSSR count). The zero-order valence-electron chi connectivity index (χ0n) is 6.34. The van der Waals surface area contributed by atoms with Crippen molar-refractivity contribution in [3.05, 3.63) is 23.8 Å². The van der Waals surface area contributed by atoms with Gasteiger partial charge in [-0.15, -0.1) is 0 Å². The van der Waals surface area contributed by atoms with Gasteiger partial charge in [0.1, 0.15) is 0 Å². The molecule has 0 radical (unpaired) electrons. The minimum absolute atomic E-state index is 0.625. The number of halogens is 1. The first-order chi connectivity index (χ1) is 4.70. The van der Waals surface area contributed by atoms with Crippen LogP contribution in [0, 0.1) is 0 Å². The third kappa shape index (κ3) is 2.09. The predicted molar refractivity (Wildman–Crippen MR) is 53.6 cm³/mol. The highest BCUT2D eigenvalue weighted by atomic mass is 127. The van der Waals surface area contributed by atoms with Crippen molar-refractivity contribution in [3.63, 3.8) is 0 Å². The van der Waals surface area contributed by atoms with Crippen molar-refractivity contribution in [2.75, 3.05) is 20.6 Å². The van der Waals surface area contributed by atoms with E-state index in [1.54, 1.807) is 0 Å². The SMILES string of the molecule is CN(C)CC1=CC=CC1I. The summed E-state index contributed by atoms with van der Waals surface area (Å²) in [6.07, 6.45) is 6.56. The normalized spacial score (nSPS) is 24.0. The molecule has 0 aliphatic heterocycles. The first-order valence-corrected chi connectivity index (χ1v) is 4.61. The Balaban J connectivity index is 2.44. The fourth-order valence-corrected chi connectivity index (χ4v) is 1.64. The van der Waals surface area contributed by atoms with Crippen LogP contribution in [-0.4, -0.2) is 29.5 Å². The minimum Gasteiger partial charge on any atom is -0.305 e. The van der Waals surface area contributed by atoms with E-state index in [1.165, 1.54) is 5.57 Å². The molecule has 1 atom stereocenters. The molecule has 0 N–H and O–H groups in total. The quantitative estimate of drug-likeness (QED) is 0.533. The zero-order valence-corrected chi connectivity index (χ0v) is 8.50. The number of hydrogen-bond acceptors (Lipinski definition) is 1. The van der Waals surface area contributed by atoms with Crippen molar-refractivity contribution in [2.45, 2.75) is 3.92 Å². The van der Waals surface area contributed by atoms with E-state index in [-0.39, 0.29) is 0 Å². The fourth-order valence-electron chi connectivity index (χ4n) is 0.997. The van der Waals surface area contributed by atoms with E-state index in [0.29, 0.717) is 3.92 Å². The van der Waals surface area contributed by atoms with Crippen LogP contribution in [0.5, 0.6) is 0 Å². The summed E-state index contributed by atoms with van der Waals surface area (Å²) in [7, 11) is 4.20. The molecule has 1 aliphatic carbocycles. The summed E-state index contributed by atoms with van der Waals surface area (Å²) in [5.41, 5.74) is 1.51. The Morgan fingerprint density at radius 2 is 2.30 bits per heavy atom. The molecule has 0 heterocycles. The largest absolute Gasteiger partial charge is 0.305 e. The summed E-state index contributed by atoms with van der Waals surface area (Å²) >= 11 is 2.45. The second-order valence-corrected chi connectivity index (χ2v) is 4.11. The summed E-state index contributed by atoms with van der Waals surface area (Å²) in [5.74, 6) is 0. The summed E-state index contributed by atoms with van der Waals surface area (Å²) in [6, 6.07) is 0. The predicted octanol–water partition coefficient (Wildman–Crippen LogP) is 1.85. The van der Waals surface area contributed by atoms with Gasteiger partial charge in [0.25, 0.3) is 0 Å². The number of hydrogen-bond donors (Lipinski definition) is 0. The van der Waals surface area contributed by atoms with Crippen molar-refractivity contribution in [1.29, 1.82) is 0 Å². The first-order valence-electron chi connectivity index (χ1n) is 3.36. The maximum Gasteiger partial charge on any atom is 0.0517 e. The molecular weight excluding hydrogens is 237 g/mol. The molecule has 1 unspecified atom stereocenters. The van der Waals surface area contributed by atoms with Gasteiger partial charge in [-0.1, -0.05) is 40.8 Å². The lowest BCUT2D eigenvalue weighted by Crippen LogP contribution is -2.17. The molecular formula is C8H12IN. The van der Waals surface area contributed by atoms with Gasteiger partial charge < -0.3 is 4.90 Å². The van der Waals surface area contributed by atoms with Gasteiger partial charge >= 0.3 is 0 Å². The van der Waals surface area contributed by atoms with E-state index >= 15 is 0 Å². The van der Waals surface area contributed by atoms with E-state index in [4.69, 9.17) is 0 Å². The molecule has 0 aromatic carbocycles. The van der Waals surface area contributed by atoms with Gasteiger partial charge in [0.15, 0.2) is 0 Å². The smallest absolute Gasteiger partial charge is 0.0517 e. The standard InChI is InChI=1S/C8H12IN/c1-10(2)6-7-4-3-5-8(7)9/h3-5,8H,6H2,1-2H3. The van der Waals surface area contributed by atoms with Gasteiger partial charge in [-0.05, 0) is 19.7 Å². The second-order valence-electron chi connectivity index (χ2n) is 2.77. The summed E-state index contributed by atoms with van der Waals surface area (Å²) < 4.78 is 0.625. The summed E-state index contributed by atoms with van der Waals surface area (Å²) in [6.45, 7) is 1.08. The number of nitrogens with zero attached hydrogens (tertiary/aromatic N) is 1. The van der Waals surface area contributed by atoms with Crippen molar-refractivity contribution in [2.24, 2.45) is 0 Å². The molecule has 0 aromatic rings. The van der Waals surface area contributed by atoms with Crippen LogP contribution >= 0.6 is 22.6 Å². The van der Waals surface area contributed by atoms with Crippen LogP contribution in [0.1, 0.15) is 0 Å². The Morgan fingerprint density at radius 3 is 2.70 bits per heavy atom. The van der Waals surface area contributed by atoms with Crippen LogP contribution < -0.4 is 0 Å². The topological polar surface area (TPSA) is 3.24 Å². The molecule has 10 heavy (non-hydrogen) atoms. The van der Waals surface area contributed by atoms with Crippen LogP contribution in [0.3, 0.4) is 0 Å². The van der Waals surface area contributed by atoms with Crippen LogP contribution in [-0.2, 0) is 0 Å². The Bertz CT molecular complexity index is 170. The first kappa shape index (κ1) is 8.27. The third-order valence-electron chi connectivity index (χ3n) is 1.44. The van der Waals surface area contributed by atoms with Crippen molar-refractivity contribution >= 4 is 22.6 Å². The lowest BCUT2D eigenvalue weighted by Gasteiger charge is -2.12. The van der Waals surface area contributed by atoms with Crippen molar-refractivity contribution in [1.82, 2.24) is 4.90 Å². The molecule has 1 nitrogen and oxygen atoms in total. The molecule has 0 fully saturated rings. The molecule has 0 saturated carbocycles. The molecule has 1 aliphatic rings. The number of allylic oxidation sites excluding steroid dienone is 3. The van der Waals surface area contributed by atoms with Gasteiger partial charge in [-0.25, -0.2) is 0 Å². The van der Waals surface area contributed by atoms with E-state index in [9.17, 15) is 0 Å². The molecule has 0 saturated heterocycles. The Kier molecular flexibility index (Phi) is 2.92. The van der Waals surface area contributed by atoms with Crippen LogP contribution in [0.25, 0.3) is 0 Å². The molecule has 56 valence electrons. The third-order valence-corrected chi connectivity index (χ3v) is 2.66. The van der Waals surface area contributed by atoms with Gasteiger partial charge in [-0.2, -0.15) is 0 Å². The Labute approximate surface area is 75.9 Å². The van der Waals surface area contributed by atoms with E-state index in [0.717, 1.165) is 6.54 Å². The van der Waals surface area contributed by atoms with Crippen molar-refractivity contribution in [3.8, 4) is 0 Å². The fraction of sp³-hybridized carbons (Fsp3) is 0.500. The van der Waals surface area contributed by atoms with E-state index < -0.39 is 0 Å². The zero-order chi connectivity index (χ0) is 7.56. The molecule has 0 amide bonds. The van der Waals surface area contributed by atoms with Gasteiger partial charge in [0.2, 0.25) is 0 Å². The highest BCUT2D eigenvalue weighted by molar-refractivity contribution is 14.1. The summed E-state index contributed by atoms with van der Waals surface area (Å²) in [5, 5.41) is 0. The lowest BCUT2D eigenvalue weighted by molar-refractivity contribution is 0.444. The number of rotatable bonds is 2. The van der Waals surface area contributed by atoms with E-state index in [1.807, 2.05) is 0 Å². The van der Waals surface area contributed by atoms with E-state index in [2.05, 4.69) is 59.8 Å². The number of alkyl halides is 1. The molecule has 0 aromatic heterocycles. The lowest BCUT2D eigenvalue weighted by atomic mass is 10.2. The molecule has 0 bridgehead atoms. The van der Waals surface area contributed by atoms with Crippen molar-refractivity contribution < 1.29 is 0 Å². The monoisotopic (exact) mass is 249 g/mol. The molecule has 2 heteroatoms. The van der Waals surface area contributed by atoms with Crippen LogP contribution in [0.4, 0.5) is 0 Å². The van der Waals surface area contributed by atoms with Crippen LogP contribution in [0.2, 0.25) is 0 Å². The van der Waals surface area contributed by atoms with Gasteiger partial charge in [0.05, 0.1) is 3.92 Å². The minimum atomic E-state index is 0.625. The van der Waals surface area contributed by atoms with Gasteiger partial charge in [-0.3, -0.25) is 0 Å². The average molecular weight is 249 g/mol. The maximum atomic E-state index is 2.45. The maximum absolute atomic E-state index is 2.45. The summed E-state index contributed by atoms with van der Waals surface area (Å²) in [4.78, 5) is 2.20. The number of likely N-dealkylation sites (N-methyl/N-ethyl adjacent to an activating group) is 1. The average Bonchev–Trinajstić information content (AvgIpc) is 2.15. The Morgan fingerprint density at radius 1 is 1.60 bits per heavy atom. The van der Waals surface area contributed by atoms with Crippen LogP contribution in [0.15, 0.2) is 23.8 Å².